The molecule has 0 aliphatic heterocycles. The predicted octanol–water partition coefficient (Wildman–Crippen LogP) is 2.67. The fourth-order valence-electron chi connectivity index (χ4n) is 3.17. The summed E-state index contributed by atoms with van der Waals surface area (Å²) in [5.74, 6) is -2.27. The van der Waals surface area contributed by atoms with E-state index in [-0.39, 0.29) is 100 Å². The number of hydrogen-bond acceptors (Lipinski definition) is 14. The highest BCUT2D eigenvalue weighted by molar-refractivity contribution is 5.93. The van der Waals surface area contributed by atoms with Gasteiger partial charge < -0.3 is 37.9 Å². The van der Waals surface area contributed by atoms with Crippen molar-refractivity contribution >= 4 is 23.9 Å². The van der Waals surface area contributed by atoms with Crippen molar-refractivity contribution in [1.82, 2.24) is 9.97 Å². The Morgan fingerprint density at radius 3 is 1.00 bits per heavy atom. The Kier molecular flexibility index (Phi) is 15.3. The van der Waals surface area contributed by atoms with E-state index in [2.05, 4.69) is 9.97 Å². The Morgan fingerprint density at radius 1 is 0.476 bits per heavy atom. The first kappa shape index (κ1) is 33.9. The van der Waals surface area contributed by atoms with Crippen LogP contribution in [0, 0.1) is 0 Å². The van der Waals surface area contributed by atoms with Gasteiger partial charge in [-0.05, 0) is 27.7 Å². The third-order valence-corrected chi connectivity index (χ3v) is 4.90. The molecule has 2 aromatic heterocycles. The maximum absolute atomic E-state index is 12.1. The van der Waals surface area contributed by atoms with Crippen molar-refractivity contribution < 1.29 is 57.1 Å². The fourth-order valence-corrected chi connectivity index (χ4v) is 3.17. The summed E-state index contributed by atoms with van der Waals surface area (Å²) in [7, 11) is 0. The maximum Gasteiger partial charge on any atom is 0.357 e. The molecule has 0 radical (unpaired) electrons. The molecule has 0 saturated heterocycles. The molecule has 42 heavy (non-hydrogen) atoms. The minimum Gasteiger partial charge on any atom is -0.491 e. The summed E-state index contributed by atoms with van der Waals surface area (Å²) in [6.07, 6.45) is 0. The van der Waals surface area contributed by atoms with Crippen LogP contribution in [0.1, 0.15) is 69.6 Å². The summed E-state index contributed by atoms with van der Waals surface area (Å²) < 4.78 is 42.0. The highest BCUT2D eigenvalue weighted by Crippen LogP contribution is 2.17. The minimum absolute atomic E-state index is 0.0741. The second-order valence-electron chi connectivity index (χ2n) is 7.95. The van der Waals surface area contributed by atoms with E-state index in [0.29, 0.717) is 0 Å². The van der Waals surface area contributed by atoms with Crippen molar-refractivity contribution in [3.8, 4) is 11.5 Å². The molecule has 0 N–H and O–H groups in total. The lowest BCUT2D eigenvalue weighted by Crippen LogP contribution is -2.16. The second-order valence-corrected chi connectivity index (χ2v) is 7.95. The molecular weight excluding hydrogens is 556 g/mol. The summed E-state index contributed by atoms with van der Waals surface area (Å²) in [6.45, 7) is 8.43. The third kappa shape index (κ3) is 11.7. The lowest BCUT2D eigenvalue weighted by Gasteiger charge is -2.11. The summed E-state index contributed by atoms with van der Waals surface area (Å²) in [4.78, 5) is 56.3. The average molecular weight is 593 g/mol. The Bertz CT molecular complexity index is 1020. The average Bonchev–Trinajstić information content (AvgIpc) is 2.98. The van der Waals surface area contributed by atoms with Crippen LogP contribution < -0.4 is 9.47 Å². The fraction of sp³-hybridized carbons (Fsp3) is 0.500. The van der Waals surface area contributed by atoms with Gasteiger partial charge in [-0.25, -0.2) is 29.1 Å². The number of nitrogens with zero attached hydrogens (tertiary/aromatic N) is 2. The van der Waals surface area contributed by atoms with Crippen molar-refractivity contribution in [3.05, 3.63) is 47.0 Å². The van der Waals surface area contributed by atoms with Gasteiger partial charge in [0.1, 0.15) is 24.7 Å². The zero-order valence-electron chi connectivity index (χ0n) is 24.2. The molecule has 0 atom stereocenters. The zero-order valence-corrected chi connectivity index (χ0v) is 24.2. The summed E-state index contributed by atoms with van der Waals surface area (Å²) in [5.41, 5.74) is -0.297. The van der Waals surface area contributed by atoms with Crippen molar-refractivity contribution in [3.63, 3.8) is 0 Å². The van der Waals surface area contributed by atoms with Crippen LogP contribution in [-0.4, -0.2) is 99.9 Å². The molecule has 2 heterocycles. The van der Waals surface area contributed by atoms with Crippen LogP contribution in [0.4, 0.5) is 0 Å². The third-order valence-electron chi connectivity index (χ3n) is 4.90. The largest absolute Gasteiger partial charge is 0.491 e. The van der Waals surface area contributed by atoms with E-state index in [9.17, 15) is 19.2 Å². The highest BCUT2D eigenvalue weighted by Gasteiger charge is 2.18. The topological polar surface area (TPSA) is 168 Å². The van der Waals surface area contributed by atoms with Gasteiger partial charge in [0.2, 0.25) is 0 Å². The number of carbonyl (C=O) groups is 4. The molecule has 2 rings (SSSR count). The molecule has 0 saturated carbocycles. The van der Waals surface area contributed by atoms with E-state index in [4.69, 9.17) is 37.9 Å². The van der Waals surface area contributed by atoms with Crippen LogP contribution in [0.3, 0.4) is 0 Å². The molecule has 230 valence electrons. The minimum atomic E-state index is -0.686. The smallest absolute Gasteiger partial charge is 0.357 e. The number of aromatic nitrogens is 2. The van der Waals surface area contributed by atoms with Crippen molar-refractivity contribution in [1.29, 1.82) is 0 Å². The Labute approximate surface area is 243 Å². The predicted molar refractivity (Wildman–Crippen MR) is 145 cm³/mol. The van der Waals surface area contributed by atoms with E-state index in [1.165, 1.54) is 24.3 Å². The molecule has 0 fully saturated rings. The van der Waals surface area contributed by atoms with Gasteiger partial charge in [0.05, 0.1) is 52.9 Å². The Hall–Kier alpha value is -4.30. The molecule has 0 aromatic carbocycles. The van der Waals surface area contributed by atoms with Gasteiger partial charge in [-0.1, -0.05) is 0 Å². The molecule has 0 unspecified atom stereocenters. The van der Waals surface area contributed by atoms with Gasteiger partial charge in [-0.3, -0.25) is 0 Å². The summed E-state index contributed by atoms with van der Waals surface area (Å²) in [5, 5.41) is 0. The van der Waals surface area contributed by atoms with Crippen LogP contribution in [0.15, 0.2) is 24.3 Å². The van der Waals surface area contributed by atoms with E-state index >= 15 is 0 Å². The van der Waals surface area contributed by atoms with E-state index in [1.807, 2.05) is 0 Å². The van der Waals surface area contributed by atoms with Gasteiger partial charge in [-0.2, -0.15) is 0 Å². The molecule has 0 aliphatic rings. The SMILES string of the molecule is CCOC(=O)c1cc(OCCOCCOCCOc2cc(C(=O)OCC)nc(C(=O)OCC)c2)cc(C(=O)OCC)n1. The Morgan fingerprint density at radius 2 is 0.738 bits per heavy atom. The molecule has 14 nitrogen and oxygen atoms in total. The van der Waals surface area contributed by atoms with Gasteiger partial charge >= 0.3 is 23.9 Å². The van der Waals surface area contributed by atoms with Gasteiger partial charge in [0.15, 0.2) is 22.8 Å². The number of hydrogen-bond donors (Lipinski definition) is 0. The van der Waals surface area contributed by atoms with Crippen LogP contribution in [-0.2, 0) is 28.4 Å². The number of carbonyl (C=O) groups excluding carboxylic acids is 4. The quantitative estimate of drug-likeness (QED) is 0.133. The molecule has 0 spiro atoms. The number of rotatable bonds is 19. The molecule has 0 bridgehead atoms. The zero-order chi connectivity index (χ0) is 30.7. The molecule has 14 heteroatoms. The number of esters is 4. The van der Waals surface area contributed by atoms with Crippen LogP contribution in [0.2, 0.25) is 0 Å². The van der Waals surface area contributed by atoms with Gasteiger partial charge in [-0.15, -0.1) is 0 Å². The summed E-state index contributed by atoms with van der Waals surface area (Å²) in [6, 6.07) is 5.49. The van der Waals surface area contributed by atoms with Crippen molar-refractivity contribution in [2.75, 3.05) is 66.1 Å². The lowest BCUT2D eigenvalue weighted by molar-refractivity contribution is 0.0272. The van der Waals surface area contributed by atoms with Crippen molar-refractivity contribution in [2.45, 2.75) is 27.7 Å². The first-order chi connectivity index (χ1) is 20.3. The van der Waals surface area contributed by atoms with Gasteiger partial charge in [0, 0.05) is 24.3 Å². The monoisotopic (exact) mass is 592 g/mol. The van der Waals surface area contributed by atoms with Crippen LogP contribution >= 0.6 is 0 Å². The molecule has 2 aromatic rings. The molecular formula is C28H36N2O12. The van der Waals surface area contributed by atoms with Crippen molar-refractivity contribution in [2.24, 2.45) is 0 Å². The number of pyridine rings is 2. The van der Waals surface area contributed by atoms with Gasteiger partial charge in [0.25, 0.3) is 0 Å². The first-order valence-corrected chi connectivity index (χ1v) is 13.5. The summed E-state index contributed by atoms with van der Waals surface area (Å²) >= 11 is 0. The Balaban J connectivity index is 1.75. The maximum atomic E-state index is 12.1. The highest BCUT2D eigenvalue weighted by atomic mass is 16.6. The van der Waals surface area contributed by atoms with Crippen LogP contribution in [0.25, 0.3) is 0 Å². The number of ether oxygens (including phenoxy) is 8. The van der Waals surface area contributed by atoms with E-state index < -0.39 is 23.9 Å². The van der Waals surface area contributed by atoms with E-state index in [0.717, 1.165) is 0 Å². The second kappa shape index (κ2) is 18.9. The lowest BCUT2D eigenvalue weighted by atomic mass is 10.2. The van der Waals surface area contributed by atoms with E-state index in [1.54, 1.807) is 27.7 Å². The van der Waals surface area contributed by atoms with Crippen LogP contribution in [0.5, 0.6) is 11.5 Å². The normalized spacial score (nSPS) is 10.5. The molecule has 0 aliphatic carbocycles. The first-order valence-electron chi connectivity index (χ1n) is 13.5. The molecule has 0 amide bonds. The standard InChI is InChI=1S/C28H36N2O12/c1-5-37-25(31)21-15-19(16-22(29-21)26(32)38-6-2)41-13-11-35-9-10-36-12-14-42-20-17-23(27(33)39-7-3)30-24(18-20)28(34)40-8-4/h15-18H,5-14H2,1-4H3.